The Morgan fingerprint density at radius 2 is 2.33 bits per heavy atom. The number of Topliss-reactive ketones (excluding diaryl/α,β-unsaturated/α-hetero) is 1. The zero-order valence-corrected chi connectivity index (χ0v) is 10.6. The first-order chi connectivity index (χ1) is 5.57. The van der Waals surface area contributed by atoms with Crippen LogP contribution in [-0.2, 0) is 4.79 Å². The van der Waals surface area contributed by atoms with Crippen molar-refractivity contribution in [2.75, 3.05) is 11.9 Å². The molecule has 0 saturated carbocycles. The van der Waals surface area contributed by atoms with Gasteiger partial charge in [-0.05, 0) is 6.92 Å². The topological polar surface area (TPSA) is 49.3 Å². The number of hydrogen-bond donors (Lipinski definition) is 2. The fraction of sp³-hybridized carbons (Fsp3) is 0.857. The van der Waals surface area contributed by atoms with E-state index in [9.17, 15) is 4.79 Å². The van der Waals surface area contributed by atoms with E-state index in [2.05, 4.69) is 43.8 Å². The van der Waals surface area contributed by atoms with Crippen LogP contribution in [0.3, 0.4) is 0 Å². The Labute approximate surface area is 94.6 Å². The molecule has 0 aliphatic rings. The quantitative estimate of drug-likeness (QED) is 0.428. The van der Waals surface area contributed by atoms with Gasteiger partial charge in [-0.25, -0.2) is 0 Å². The molecule has 0 aromatic heterocycles. The van der Waals surface area contributed by atoms with Gasteiger partial charge >= 0.3 is 0 Å². The van der Waals surface area contributed by atoms with Crippen LogP contribution in [0.15, 0.2) is 0 Å². The largest absolute Gasteiger partial charge is 0.378 e. The fourth-order valence-corrected chi connectivity index (χ4v) is 1.16. The van der Waals surface area contributed by atoms with Crippen molar-refractivity contribution in [2.24, 2.45) is 0 Å². The number of rotatable bonds is 6. The number of halogens is 2. The van der Waals surface area contributed by atoms with E-state index >= 15 is 0 Å². The Bertz CT molecular complexity index is 143. The lowest BCUT2D eigenvalue weighted by Gasteiger charge is -2.09. The summed E-state index contributed by atoms with van der Waals surface area (Å²) in [5, 5.41) is 12.3. The maximum Gasteiger partial charge on any atom is 0.146 e. The van der Waals surface area contributed by atoms with Crippen molar-refractivity contribution in [1.82, 2.24) is 5.32 Å². The summed E-state index contributed by atoms with van der Waals surface area (Å²) < 4.78 is 0.0607. The second-order valence-corrected chi connectivity index (χ2v) is 4.97. The van der Waals surface area contributed by atoms with Crippen LogP contribution < -0.4 is 5.32 Å². The standard InChI is InChI=1S/C7H13BrINO2/c1-5(9)6(11)2-3-10-7(12)4-8/h5,7,10,12H,2-4H2,1H3. The number of hydrogen-bond acceptors (Lipinski definition) is 3. The van der Waals surface area contributed by atoms with Crippen molar-refractivity contribution in [3.05, 3.63) is 0 Å². The number of aliphatic hydroxyl groups excluding tert-OH is 1. The van der Waals surface area contributed by atoms with Gasteiger partial charge in [0.2, 0.25) is 0 Å². The molecule has 0 aromatic rings. The van der Waals surface area contributed by atoms with Crippen molar-refractivity contribution >= 4 is 44.3 Å². The molecule has 0 heterocycles. The Balaban J connectivity index is 3.37. The minimum absolute atomic E-state index is 0.0607. The fourth-order valence-electron chi connectivity index (χ4n) is 0.615. The van der Waals surface area contributed by atoms with E-state index in [4.69, 9.17) is 5.11 Å². The molecule has 0 aromatic carbocycles. The van der Waals surface area contributed by atoms with Crippen LogP contribution in [0.5, 0.6) is 0 Å². The molecule has 0 spiro atoms. The van der Waals surface area contributed by atoms with Crippen LogP contribution in [0.4, 0.5) is 0 Å². The van der Waals surface area contributed by atoms with Crippen molar-refractivity contribution in [3.8, 4) is 0 Å². The molecule has 0 saturated heterocycles. The normalized spacial score (nSPS) is 15.7. The van der Waals surface area contributed by atoms with Gasteiger partial charge in [0.1, 0.15) is 12.0 Å². The number of ketones is 1. The Hall–Kier alpha value is 0.800. The molecule has 0 fully saturated rings. The number of alkyl halides is 2. The highest BCUT2D eigenvalue weighted by molar-refractivity contribution is 14.1. The molecule has 0 bridgehead atoms. The Kier molecular flexibility index (Phi) is 7.71. The monoisotopic (exact) mass is 349 g/mol. The summed E-state index contributed by atoms with van der Waals surface area (Å²) in [6.07, 6.45) is -0.0731. The van der Waals surface area contributed by atoms with E-state index in [1.54, 1.807) is 0 Å². The van der Waals surface area contributed by atoms with Crippen molar-refractivity contribution in [2.45, 2.75) is 23.5 Å². The van der Waals surface area contributed by atoms with Gasteiger partial charge in [0.15, 0.2) is 0 Å². The van der Waals surface area contributed by atoms with Gasteiger partial charge in [0.25, 0.3) is 0 Å². The first-order valence-corrected chi connectivity index (χ1v) is 6.08. The minimum atomic E-state index is -0.553. The smallest absolute Gasteiger partial charge is 0.146 e. The lowest BCUT2D eigenvalue weighted by molar-refractivity contribution is -0.117. The van der Waals surface area contributed by atoms with Crippen LogP contribution in [0, 0.1) is 0 Å². The lowest BCUT2D eigenvalue weighted by atomic mass is 10.2. The number of carbonyl (C=O) groups is 1. The molecule has 0 rings (SSSR count). The summed E-state index contributed by atoms with van der Waals surface area (Å²) in [6, 6.07) is 0. The summed E-state index contributed by atoms with van der Waals surface area (Å²) in [4.78, 5) is 11.1. The highest BCUT2D eigenvalue weighted by Crippen LogP contribution is 2.02. The molecule has 0 aliphatic carbocycles. The molecule has 2 atom stereocenters. The van der Waals surface area contributed by atoms with Gasteiger partial charge in [0.05, 0.1) is 3.92 Å². The second-order valence-electron chi connectivity index (χ2n) is 2.46. The maximum absolute atomic E-state index is 11.1. The van der Waals surface area contributed by atoms with Gasteiger partial charge in [-0.15, -0.1) is 0 Å². The molecule has 3 nitrogen and oxygen atoms in total. The van der Waals surface area contributed by atoms with E-state index in [-0.39, 0.29) is 9.71 Å². The highest BCUT2D eigenvalue weighted by atomic mass is 127. The van der Waals surface area contributed by atoms with Crippen molar-refractivity contribution < 1.29 is 9.90 Å². The number of aliphatic hydroxyl groups is 1. The predicted octanol–water partition coefficient (Wildman–Crippen LogP) is 1.07. The zero-order valence-electron chi connectivity index (χ0n) is 6.89. The predicted molar refractivity (Wildman–Crippen MR) is 60.9 cm³/mol. The van der Waals surface area contributed by atoms with E-state index in [1.807, 2.05) is 6.92 Å². The molecule has 0 radical (unpaired) electrons. The molecule has 72 valence electrons. The molecule has 12 heavy (non-hydrogen) atoms. The average molecular weight is 350 g/mol. The Morgan fingerprint density at radius 1 is 1.75 bits per heavy atom. The second kappa shape index (κ2) is 7.23. The molecule has 2 N–H and O–H groups in total. The van der Waals surface area contributed by atoms with Crippen LogP contribution >= 0.6 is 38.5 Å². The number of nitrogens with one attached hydrogen (secondary N) is 1. The van der Waals surface area contributed by atoms with Gasteiger partial charge in [0, 0.05) is 18.3 Å². The summed E-state index contributed by atoms with van der Waals surface area (Å²) in [5.41, 5.74) is 0. The van der Waals surface area contributed by atoms with Crippen LogP contribution in [0.25, 0.3) is 0 Å². The van der Waals surface area contributed by atoms with Crippen LogP contribution in [0.2, 0.25) is 0 Å². The SMILES string of the molecule is CC(I)C(=O)CCNC(O)CBr. The van der Waals surface area contributed by atoms with Crippen LogP contribution in [0.1, 0.15) is 13.3 Å². The van der Waals surface area contributed by atoms with E-state index in [1.165, 1.54) is 0 Å². The van der Waals surface area contributed by atoms with Crippen molar-refractivity contribution in [1.29, 1.82) is 0 Å². The van der Waals surface area contributed by atoms with E-state index < -0.39 is 6.23 Å². The summed E-state index contributed by atoms with van der Waals surface area (Å²) >= 11 is 5.20. The molecule has 0 amide bonds. The molecular weight excluding hydrogens is 337 g/mol. The zero-order chi connectivity index (χ0) is 9.56. The lowest BCUT2D eigenvalue weighted by Crippen LogP contribution is -2.32. The first kappa shape index (κ1) is 12.8. The van der Waals surface area contributed by atoms with Gasteiger partial charge < -0.3 is 5.11 Å². The number of carbonyl (C=O) groups excluding carboxylic acids is 1. The highest BCUT2D eigenvalue weighted by Gasteiger charge is 2.08. The maximum atomic E-state index is 11.1. The van der Waals surface area contributed by atoms with E-state index in [0.29, 0.717) is 18.3 Å². The Morgan fingerprint density at radius 3 is 2.75 bits per heavy atom. The molecule has 2 unspecified atom stereocenters. The third-order valence-corrected chi connectivity index (χ3v) is 2.65. The average Bonchev–Trinajstić information content (AvgIpc) is 2.03. The summed E-state index contributed by atoms with van der Waals surface area (Å²) in [5.74, 6) is 0.213. The van der Waals surface area contributed by atoms with Gasteiger partial charge in [-0.1, -0.05) is 38.5 Å². The first-order valence-electron chi connectivity index (χ1n) is 3.72. The summed E-state index contributed by atoms with van der Waals surface area (Å²) in [7, 11) is 0. The molecule has 0 aliphatic heterocycles. The van der Waals surface area contributed by atoms with Crippen LogP contribution in [-0.4, -0.2) is 32.9 Å². The molecule has 5 heteroatoms. The molecular formula is C7H13BrINO2. The third-order valence-electron chi connectivity index (χ3n) is 1.34. The minimum Gasteiger partial charge on any atom is -0.378 e. The van der Waals surface area contributed by atoms with Gasteiger partial charge in [-0.2, -0.15) is 0 Å². The van der Waals surface area contributed by atoms with E-state index in [0.717, 1.165) is 0 Å². The summed E-state index contributed by atoms with van der Waals surface area (Å²) in [6.45, 7) is 2.41. The van der Waals surface area contributed by atoms with Gasteiger partial charge in [-0.3, -0.25) is 10.1 Å². The third kappa shape index (κ3) is 6.33. The van der Waals surface area contributed by atoms with Crippen molar-refractivity contribution in [3.63, 3.8) is 0 Å².